The summed E-state index contributed by atoms with van der Waals surface area (Å²) in [6, 6.07) is 11.8. The summed E-state index contributed by atoms with van der Waals surface area (Å²) in [5.74, 6) is 0. The maximum atomic E-state index is 3.61. The van der Waals surface area contributed by atoms with E-state index in [9.17, 15) is 0 Å². The fourth-order valence-corrected chi connectivity index (χ4v) is 3.78. The fraction of sp³-hybridized carbons (Fsp3) is 0.647. The van der Waals surface area contributed by atoms with Gasteiger partial charge in [0.1, 0.15) is 0 Å². The molecule has 100 valence electrons. The molecule has 0 amide bonds. The van der Waals surface area contributed by atoms with E-state index in [2.05, 4.69) is 49.6 Å². The molecule has 1 saturated carbocycles. The van der Waals surface area contributed by atoms with Gasteiger partial charge in [-0.2, -0.15) is 0 Å². The van der Waals surface area contributed by atoms with Crippen molar-refractivity contribution in [3.05, 3.63) is 35.9 Å². The Labute approximate surface area is 112 Å². The molecule has 1 N–H and O–H groups in total. The summed E-state index contributed by atoms with van der Waals surface area (Å²) >= 11 is 0. The lowest BCUT2D eigenvalue weighted by atomic mass is 9.64. The fourth-order valence-electron chi connectivity index (χ4n) is 3.78. The van der Waals surface area contributed by atoms with E-state index in [1.807, 2.05) is 0 Å². The SMILES string of the molecule is CCCC(NC)C1(c2ccccc2)CCCCC1. The van der Waals surface area contributed by atoms with E-state index in [4.69, 9.17) is 0 Å². The zero-order chi connectivity index (χ0) is 12.8. The second kappa shape index (κ2) is 6.38. The number of likely N-dealkylation sites (N-methyl/N-ethyl adjacent to an activating group) is 1. The Balaban J connectivity index is 2.33. The number of nitrogens with one attached hydrogen (secondary N) is 1. The van der Waals surface area contributed by atoms with Crippen molar-refractivity contribution < 1.29 is 0 Å². The van der Waals surface area contributed by atoms with Gasteiger partial charge in [-0.15, -0.1) is 0 Å². The average molecular weight is 245 g/mol. The Bertz CT molecular complexity index is 338. The minimum Gasteiger partial charge on any atom is -0.316 e. The summed E-state index contributed by atoms with van der Waals surface area (Å²) in [5.41, 5.74) is 1.93. The third-order valence-electron chi connectivity index (χ3n) is 4.69. The summed E-state index contributed by atoms with van der Waals surface area (Å²) in [7, 11) is 2.14. The molecule has 1 aliphatic rings. The van der Waals surface area contributed by atoms with E-state index in [0.29, 0.717) is 11.5 Å². The Hall–Kier alpha value is -0.820. The molecule has 1 aromatic rings. The molecular weight excluding hydrogens is 218 g/mol. The summed E-state index contributed by atoms with van der Waals surface area (Å²) in [6.07, 6.45) is 9.43. The first kappa shape index (κ1) is 13.6. The van der Waals surface area contributed by atoms with Crippen molar-refractivity contribution in [3.8, 4) is 0 Å². The van der Waals surface area contributed by atoms with E-state index < -0.39 is 0 Å². The largest absolute Gasteiger partial charge is 0.316 e. The van der Waals surface area contributed by atoms with Crippen LogP contribution in [-0.4, -0.2) is 13.1 Å². The highest BCUT2D eigenvalue weighted by Crippen LogP contribution is 2.43. The highest BCUT2D eigenvalue weighted by atomic mass is 14.9. The quantitative estimate of drug-likeness (QED) is 0.816. The molecule has 0 spiro atoms. The first-order valence-electron chi connectivity index (χ1n) is 7.56. The molecule has 0 radical (unpaired) electrons. The van der Waals surface area contributed by atoms with Crippen molar-refractivity contribution >= 4 is 0 Å². The standard InChI is InChI=1S/C17H27N/c1-3-10-16(18-2)17(13-8-5-9-14-17)15-11-6-4-7-12-15/h4,6-7,11-12,16,18H,3,5,8-10,13-14H2,1-2H3. The number of benzene rings is 1. The number of hydrogen-bond acceptors (Lipinski definition) is 1. The van der Waals surface area contributed by atoms with Crippen LogP contribution in [0.3, 0.4) is 0 Å². The number of hydrogen-bond donors (Lipinski definition) is 1. The lowest BCUT2D eigenvalue weighted by Crippen LogP contribution is -2.48. The second-order valence-electron chi connectivity index (χ2n) is 5.71. The Morgan fingerprint density at radius 2 is 1.78 bits per heavy atom. The van der Waals surface area contributed by atoms with Crippen LogP contribution in [0.1, 0.15) is 57.4 Å². The first-order valence-corrected chi connectivity index (χ1v) is 7.56. The number of rotatable bonds is 5. The van der Waals surface area contributed by atoms with Crippen LogP contribution >= 0.6 is 0 Å². The molecule has 2 rings (SSSR count). The molecule has 0 aliphatic heterocycles. The van der Waals surface area contributed by atoms with Crippen LogP contribution in [0.15, 0.2) is 30.3 Å². The van der Waals surface area contributed by atoms with Crippen molar-refractivity contribution in [2.45, 2.75) is 63.3 Å². The molecule has 0 aromatic heterocycles. The molecule has 1 unspecified atom stereocenters. The normalized spacial score (nSPS) is 20.6. The van der Waals surface area contributed by atoms with Gasteiger partial charge in [-0.05, 0) is 31.9 Å². The van der Waals surface area contributed by atoms with Gasteiger partial charge in [-0.1, -0.05) is 62.9 Å². The molecule has 18 heavy (non-hydrogen) atoms. The molecular formula is C17H27N. The van der Waals surface area contributed by atoms with Crippen molar-refractivity contribution in [1.82, 2.24) is 5.32 Å². The highest BCUT2D eigenvalue weighted by Gasteiger charge is 2.39. The zero-order valence-corrected chi connectivity index (χ0v) is 11.9. The predicted octanol–water partition coefficient (Wildman–Crippen LogP) is 4.28. The van der Waals surface area contributed by atoms with Crippen molar-refractivity contribution in [2.24, 2.45) is 0 Å². The minimum atomic E-state index is 0.379. The third kappa shape index (κ3) is 2.61. The molecule has 0 saturated heterocycles. The van der Waals surface area contributed by atoms with E-state index in [1.54, 1.807) is 5.56 Å². The van der Waals surface area contributed by atoms with Gasteiger partial charge in [0.05, 0.1) is 0 Å². The minimum absolute atomic E-state index is 0.379. The second-order valence-corrected chi connectivity index (χ2v) is 5.71. The molecule has 1 nitrogen and oxygen atoms in total. The summed E-state index contributed by atoms with van der Waals surface area (Å²) < 4.78 is 0. The van der Waals surface area contributed by atoms with Gasteiger partial charge in [-0.25, -0.2) is 0 Å². The van der Waals surface area contributed by atoms with Gasteiger partial charge < -0.3 is 5.32 Å². The molecule has 1 fully saturated rings. The van der Waals surface area contributed by atoms with Crippen molar-refractivity contribution in [1.29, 1.82) is 0 Å². The first-order chi connectivity index (χ1) is 8.83. The molecule has 1 aliphatic carbocycles. The lowest BCUT2D eigenvalue weighted by Gasteiger charge is -2.44. The van der Waals surface area contributed by atoms with E-state index in [0.717, 1.165) is 0 Å². The topological polar surface area (TPSA) is 12.0 Å². The van der Waals surface area contributed by atoms with Crippen LogP contribution in [0.2, 0.25) is 0 Å². The summed E-state index contributed by atoms with van der Waals surface area (Å²) in [6.45, 7) is 2.30. The highest BCUT2D eigenvalue weighted by molar-refractivity contribution is 5.28. The van der Waals surface area contributed by atoms with Gasteiger partial charge in [-0.3, -0.25) is 0 Å². The van der Waals surface area contributed by atoms with Crippen LogP contribution in [0.25, 0.3) is 0 Å². The Morgan fingerprint density at radius 3 is 2.33 bits per heavy atom. The molecule has 0 bridgehead atoms. The van der Waals surface area contributed by atoms with Crippen LogP contribution in [0, 0.1) is 0 Å². The molecule has 0 heterocycles. The third-order valence-corrected chi connectivity index (χ3v) is 4.69. The monoisotopic (exact) mass is 245 g/mol. The van der Waals surface area contributed by atoms with Crippen LogP contribution in [-0.2, 0) is 5.41 Å². The van der Waals surface area contributed by atoms with E-state index in [-0.39, 0.29) is 0 Å². The van der Waals surface area contributed by atoms with Gasteiger partial charge in [0, 0.05) is 11.5 Å². The van der Waals surface area contributed by atoms with E-state index in [1.165, 1.54) is 44.9 Å². The van der Waals surface area contributed by atoms with Gasteiger partial charge in [0.25, 0.3) is 0 Å². The van der Waals surface area contributed by atoms with Crippen LogP contribution < -0.4 is 5.32 Å². The Kier molecular flexibility index (Phi) is 4.82. The average Bonchev–Trinajstić information content (AvgIpc) is 2.46. The summed E-state index contributed by atoms with van der Waals surface area (Å²) in [5, 5.41) is 3.61. The lowest BCUT2D eigenvalue weighted by molar-refractivity contribution is 0.210. The maximum Gasteiger partial charge on any atom is 0.0161 e. The van der Waals surface area contributed by atoms with Gasteiger partial charge in [0.2, 0.25) is 0 Å². The maximum absolute atomic E-state index is 3.61. The Morgan fingerprint density at radius 1 is 1.11 bits per heavy atom. The molecule has 1 aromatic carbocycles. The van der Waals surface area contributed by atoms with Crippen molar-refractivity contribution in [2.75, 3.05) is 7.05 Å². The van der Waals surface area contributed by atoms with Gasteiger partial charge in [0.15, 0.2) is 0 Å². The smallest absolute Gasteiger partial charge is 0.0161 e. The van der Waals surface area contributed by atoms with Crippen molar-refractivity contribution in [3.63, 3.8) is 0 Å². The van der Waals surface area contributed by atoms with E-state index >= 15 is 0 Å². The molecule has 1 heteroatoms. The molecule has 1 atom stereocenters. The van der Waals surface area contributed by atoms with Crippen LogP contribution in [0.5, 0.6) is 0 Å². The predicted molar refractivity (Wildman–Crippen MR) is 79.0 cm³/mol. The summed E-state index contributed by atoms with van der Waals surface area (Å²) in [4.78, 5) is 0. The van der Waals surface area contributed by atoms with Crippen LogP contribution in [0.4, 0.5) is 0 Å². The van der Waals surface area contributed by atoms with Gasteiger partial charge >= 0.3 is 0 Å². The zero-order valence-electron chi connectivity index (χ0n) is 11.9.